The van der Waals surface area contributed by atoms with E-state index in [1.54, 1.807) is 6.08 Å². The Morgan fingerprint density at radius 1 is 0.943 bits per heavy atom. The first-order valence-corrected chi connectivity index (χ1v) is 11.3. The highest BCUT2D eigenvalue weighted by atomic mass is 16.2. The van der Waals surface area contributed by atoms with E-state index < -0.39 is 6.03 Å². The molecular weight excluding hydrogens is 440 g/mol. The predicted octanol–water partition coefficient (Wildman–Crippen LogP) is 4.68. The first-order chi connectivity index (χ1) is 17.0. The van der Waals surface area contributed by atoms with Crippen molar-refractivity contribution in [3.05, 3.63) is 107 Å². The summed E-state index contributed by atoms with van der Waals surface area (Å²) in [6.07, 6.45) is 3.49. The number of urea groups is 1. The fraction of sp³-hybridized carbons (Fsp3) is 0.107. The zero-order chi connectivity index (χ0) is 24.4. The second kappa shape index (κ2) is 9.30. The molecule has 7 nitrogen and oxygen atoms in total. The van der Waals surface area contributed by atoms with Crippen molar-refractivity contribution in [3.8, 4) is 0 Å². The van der Waals surface area contributed by atoms with Crippen molar-refractivity contribution < 1.29 is 14.4 Å². The highest BCUT2D eigenvalue weighted by Gasteiger charge is 2.33. The van der Waals surface area contributed by atoms with E-state index in [2.05, 4.69) is 10.6 Å². The molecule has 7 heteroatoms. The lowest BCUT2D eigenvalue weighted by atomic mass is 10.1. The lowest BCUT2D eigenvalue weighted by molar-refractivity contribution is -0.123. The van der Waals surface area contributed by atoms with E-state index >= 15 is 0 Å². The molecule has 1 aromatic heterocycles. The summed E-state index contributed by atoms with van der Waals surface area (Å²) >= 11 is 0. The van der Waals surface area contributed by atoms with Gasteiger partial charge in [-0.05, 0) is 36.8 Å². The number of nitrogens with zero attached hydrogens (tertiary/aromatic N) is 2. The van der Waals surface area contributed by atoms with Crippen LogP contribution < -0.4 is 10.6 Å². The fourth-order valence-corrected chi connectivity index (χ4v) is 4.14. The van der Waals surface area contributed by atoms with E-state index in [4.69, 9.17) is 0 Å². The van der Waals surface area contributed by atoms with Gasteiger partial charge in [-0.15, -0.1) is 0 Å². The zero-order valence-electron chi connectivity index (χ0n) is 19.2. The van der Waals surface area contributed by atoms with Crippen molar-refractivity contribution in [3.63, 3.8) is 0 Å². The Balaban J connectivity index is 1.39. The third kappa shape index (κ3) is 4.70. The molecule has 4 amide bonds. The van der Waals surface area contributed by atoms with Gasteiger partial charge >= 0.3 is 6.03 Å². The molecule has 5 rings (SSSR count). The summed E-state index contributed by atoms with van der Waals surface area (Å²) in [4.78, 5) is 39.4. The van der Waals surface area contributed by atoms with Crippen LogP contribution in [0.3, 0.4) is 0 Å². The summed E-state index contributed by atoms with van der Waals surface area (Å²) in [6, 6.07) is 24.2. The second-order valence-corrected chi connectivity index (χ2v) is 8.51. The van der Waals surface area contributed by atoms with Crippen molar-refractivity contribution in [2.45, 2.75) is 20.0 Å². The number of benzene rings is 3. The molecule has 0 spiro atoms. The van der Waals surface area contributed by atoms with Gasteiger partial charge in [-0.1, -0.05) is 66.2 Å². The summed E-state index contributed by atoms with van der Waals surface area (Å²) < 4.78 is 1.84. The van der Waals surface area contributed by atoms with Gasteiger partial charge in [0.05, 0.1) is 6.54 Å². The number of aromatic nitrogens is 1. The lowest BCUT2D eigenvalue weighted by Crippen LogP contribution is -2.30. The monoisotopic (exact) mass is 464 g/mol. The summed E-state index contributed by atoms with van der Waals surface area (Å²) in [5, 5.41) is 6.46. The minimum Gasteiger partial charge on any atom is -0.337 e. The fourth-order valence-electron chi connectivity index (χ4n) is 4.14. The van der Waals surface area contributed by atoms with E-state index in [0.717, 1.165) is 33.3 Å². The van der Waals surface area contributed by atoms with Crippen LogP contribution in [0.15, 0.2) is 90.8 Å². The summed E-state index contributed by atoms with van der Waals surface area (Å²) in [7, 11) is 0. The maximum absolute atomic E-state index is 13.0. The molecule has 1 fully saturated rings. The molecule has 0 atom stereocenters. The average Bonchev–Trinajstić information content (AvgIpc) is 3.33. The van der Waals surface area contributed by atoms with Gasteiger partial charge in [-0.2, -0.15) is 0 Å². The number of imide groups is 1. The third-order valence-corrected chi connectivity index (χ3v) is 5.91. The minimum atomic E-state index is -0.451. The van der Waals surface area contributed by atoms with Crippen LogP contribution in [-0.4, -0.2) is 27.3 Å². The number of amides is 4. The van der Waals surface area contributed by atoms with Gasteiger partial charge < -0.3 is 15.2 Å². The Labute approximate surface area is 202 Å². The Kier molecular flexibility index (Phi) is 5.89. The number of carbonyl (C=O) groups is 3. The van der Waals surface area contributed by atoms with E-state index in [1.807, 2.05) is 96.6 Å². The van der Waals surface area contributed by atoms with Crippen LogP contribution in [-0.2, 0) is 22.7 Å². The third-order valence-electron chi connectivity index (χ3n) is 5.91. The van der Waals surface area contributed by atoms with Crippen molar-refractivity contribution in [1.82, 2.24) is 14.8 Å². The van der Waals surface area contributed by atoms with Gasteiger partial charge in [-0.25, -0.2) is 4.79 Å². The number of anilines is 1. The molecule has 0 radical (unpaired) electrons. The van der Waals surface area contributed by atoms with Crippen LogP contribution in [0.1, 0.15) is 16.7 Å². The van der Waals surface area contributed by atoms with E-state index in [0.29, 0.717) is 0 Å². The van der Waals surface area contributed by atoms with Gasteiger partial charge in [0, 0.05) is 28.4 Å². The molecule has 1 aliphatic heterocycles. The van der Waals surface area contributed by atoms with Crippen molar-refractivity contribution >= 4 is 40.5 Å². The van der Waals surface area contributed by atoms with Crippen molar-refractivity contribution in [2.75, 3.05) is 5.32 Å². The Morgan fingerprint density at radius 2 is 1.66 bits per heavy atom. The molecule has 0 bridgehead atoms. The first-order valence-electron chi connectivity index (χ1n) is 11.3. The number of fused-ring (bicyclic) bond motifs is 1. The summed E-state index contributed by atoms with van der Waals surface area (Å²) in [6.45, 7) is 2.29. The van der Waals surface area contributed by atoms with Crippen LogP contribution >= 0.6 is 0 Å². The molecule has 35 heavy (non-hydrogen) atoms. The van der Waals surface area contributed by atoms with Crippen LogP contribution in [0.2, 0.25) is 0 Å². The van der Waals surface area contributed by atoms with Gasteiger partial charge in [-0.3, -0.25) is 14.5 Å². The standard InChI is InChI=1S/C28H24N4O3/c1-19-11-13-20(14-12-19)16-32-27(34)24(30-28(32)35)15-21-17-31(25-10-6-5-9-23(21)25)18-26(33)29-22-7-3-2-4-8-22/h2-15,17H,16,18H2,1H3,(H,29,33)(H,30,35)/b24-15+. The van der Waals surface area contributed by atoms with Crippen LogP contribution in [0.25, 0.3) is 17.0 Å². The quantitative estimate of drug-likeness (QED) is 0.321. The Bertz CT molecular complexity index is 1450. The highest BCUT2D eigenvalue weighted by molar-refractivity contribution is 6.14. The normalized spacial score (nSPS) is 14.5. The molecule has 3 aromatic carbocycles. The smallest absolute Gasteiger partial charge is 0.329 e. The zero-order valence-corrected chi connectivity index (χ0v) is 19.2. The van der Waals surface area contributed by atoms with Crippen LogP contribution in [0, 0.1) is 6.92 Å². The van der Waals surface area contributed by atoms with Crippen molar-refractivity contribution in [2.24, 2.45) is 0 Å². The van der Waals surface area contributed by atoms with Gasteiger partial charge in [0.25, 0.3) is 5.91 Å². The number of hydrogen-bond acceptors (Lipinski definition) is 3. The Morgan fingerprint density at radius 3 is 2.43 bits per heavy atom. The number of para-hydroxylation sites is 2. The molecule has 2 heterocycles. The average molecular weight is 465 g/mol. The van der Waals surface area contributed by atoms with Gasteiger partial charge in [0.2, 0.25) is 5.91 Å². The second-order valence-electron chi connectivity index (χ2n) is 8.51. The van der Waals surface area contributed by atoms with Crippen LogP contribution in [0.4, 0.5) is 10.5 Å². The predicted molar refractivity (Wildman–Crippen MR) is 135 cm³/mol. The molecule has 4 aromatic rings. The first kappa shape index (κ1) is 22.2. The largest absolute Gasteiger partial charge is 0.337 e. The van der Waals surface area contributed by atoms with Gasteiger partial charge in [0.1, 0.15) is 12.2 Å². The molecular formula is C28H24N4O3. The molecule has 0 saturated carbocycles. The maximum atomic E-state index is 13.0. The van der Waals surface area contributed by atoms with E-state index in [1.165, 1.54) is 4.90 Å². The Hall–Kier alpha value is -4.65. The molecule has 1 saturated heterocycles. The van der Waals surface area contributed by atoms with Crippen molar-refractivity contribution in [1.29, 1.82) is 0 Å². The molecule has 1 aliphatic rings. The molecule has 2 N–H and O–H groups in total. The minimum absolute atomic E-state index is 0.110. The molecule has 0 aliphatic carbocycles. The summed E-state index contributed by atoms with van der Waals surface area (Å²) in [5.41, 5.74) is 4.52. The maximum Gasteiger partial charge on any atom is 0.329 e. The number of rotatable bonds is 6. The van der Waals surface area contributed by atoms with Gasteiger partial charge in [0.15, 0.2) is 0 Å². The number of carbonyl (C=O) groups excluding carboxylic acids is 3. The number of hydrogen-bond donors (Lipinski definition) is 2. The molecule has 174 valence electrons. The van der Waals surface area contributed by atoms with Crippen LogP contribution in [0.5, 0.6) is 0 Å². The van der Waals surface area contributed by atoms with E-state index in [9.17, 15) is 14.4 Å². The molecule has 0 unspecified atom stereocenters. The SMILES string of the molecule is Cc1ccc(CN2C(=O)N/C(=C/c3cn(CC(=O)Nc4ccccc4)c4ccccc34)C2=O)cc1. The number of aryl methyl sites for hydroxylation is 1. The lowest BCUT2D eigenvalue weighted by Gasteiger charge is -2.11. The van der Waals surface area contributed by atoms with E-state index in [-0.39, 0.29) is 30.6 Å². The highest BCUT2D eigenvalue weighted by Crippen LogP contribution is 2.25. The summed E-state index contributed by atoms with van der Waals surface area (Å²) in [5.74, 6) is -0.542. The number of nitrogens with one attached hydrogen (secondary N) is 2. The topological polar surface area (TPSA) is 83.4 Å².